The minimum Gasteiger partial charge on any atom is -0.481 e. The Morgan fingerprint density at radius 1 is 1.29 bits per heavy atom. The summed E-state index contributed by atoms with van der Waals surface area (Å²) >= 11 is 3.38. The summed E-state index contributed by atoms with van der Waals surface area (Å²) in [4.78, 5) is 4.20. The highest BCUT2D eigenvalue weighted by atomic mass is 79.9. The van der Waals surface area contributed by atoms with Crippen LogP contribution in [0.4, 0.5) is 4.39 Å². The van der Waals surface area contributed by atoms with E-state index in [1.807, 2.05) is 12.1 Å². The minimum atomic E-state index is -0.251. The van der Waals surface area contributed by atoms with Crippen molar-refractivity contribution in [3.05, 3.63) is 47.9 Å². The third-order valence-corrected chi connectivity index (χ3v) is 3.02. The second kappa shape index (κ2) is 5.27. The number of pyridine rings is 1. The van der Waals surface area contributed by atoms with Crippen molar-refractivity contribution in [2.45, 2.75) is 5.33 Å². The molecular formula is C13H11BrFNO. The number of hydrogen-bond donors (Lipinski definition) is 0. The number of hydrogen-bond acceptors (Lipinski definition) is 2. The Morgan fingerprint density at radius 3 is 2.76 bits per heavy atom. The zero-order valence-electron chi connectivity index (χ0n) is 9.28. The van der Waals surface area contributed by atoms with Crippen LogP contribution in [0.25, 0.3) is 11.1 Å². The molecule has 1 aromatic heterocycles. The molecule has 0 aliphatic carbocycles. The molecule has 0 unspecified atom stereocenters. The molecule has 0 N–H and O–H groups in total. The fraction of sp³-hybridized carbons (Fsp3) is 0.154. The first-order valence-corrected chi connectivity index (χ1v) is 6.21. The van der Waals surface area contributed by atoms with Gasteiger partial charge in [-0.15, -0.1) is 0 Å². The lowest BCUT2D eigenvalue weighted by molar-refractivity contribution is 0.394. The molecule has 0 bridgehead atoms. The maximum Gasteiger partial charge on any atom is 0.217 e. The van der Waals surface area contributed by atoms with Gasteiger partial charge < -0.3 is 4.74 Å². The highest BCUT2D eigenvalue weighted by Gasteiger charge is 2.06. The Balaban J connectivity index is 2.46. The Bertz CT molecular complexity index is 531. The number of ether oxygens (including phenoxy) is 1. The van der Waals surface area contributed by atoms with Gasteiger partial charge in [-0.05, 0) is 23.8 Å². The first-order chi connectivity index (χ1) is 8.24. The van der Waals surface area contributed by atoms with Gasteiger partial charge in [-0.3, -0.25) is 0 Å². The predicted molar refractivity (Wildman–Crippen MR) is 68.8 cm³/mol. The molecule has 0 fully saturated rings. The van der Waals surface area contributed by atoms with E-state index in [0.717, 1.165) is 16.7 Å². The largest absolute Gasteiger partial charge is 0.481 e. The van der Waals surface area contributed by atoms with Crippen LogP contribution >= 0.6 is 15.9 Å². The molecule has 88 valence electrons. The number of rotatable bonds is 3. The zero-order valence-corrected chi connectivity index (χ0v) is 10.9. The first-order valence-electron chi connectivity index (χ1n) is 5.09. The van der Waals surface area contributed by atoms with Crippen molar-refractivity contribution in [3.8, 4) is 17.0 Å². The molecule has 0 saturated carbocycles. The minimum absolute atomic E-state index is 0.251. The highest BCUT2D eigenvalue weighted by Crippen LogP contribution is 2.26. The van der Waals surface area contributed by atoms with Crippen LogP contribution in [0, 0.1) is 5.82 Å². The maximum atomic E-state index is 13.1. The number of benzene rings is 1. The monoisotopic (exact) mass is 295 g/mol. The van der Waals surface area contributed by atoms with Crippen LogP contribution in [0.5, 0.6) is 5.88 Å². The van der Waals surface area contributed by atoms with Gasteiger partial charge in [0.25, 0.3) is 0 Å². The number of nitrogens with zero attached hydrogens (tertiary/aromatic N) is 1. The van der Waals surface area contributed by atoms with E-state index in [1.54, 1.807) is 19.4 Å². The average molecular weight is 296 g/mol. The Hall–Kier alpha value is -1.42. The lowest BCUT2D eigenvalue weighted by atomic mass is 10.1. The van der Waals surface area contributed by atoms with E-state index in [2.05, 4.69) is 20.9 Å². The molecule has 0 amide bonds. The maximum absolute atomic E-state index is 13.1. The van der Waals surface area contributed by atoms with Gasteiger partial charge in [0.2, 0.25) is 5.88 Å². The van der Waals surface area contributed by atoms with E-state index in [1.165, 1.54) is 12.1 Å². The summed E-state index contributed by atoms with van der Waals surface area (Å²) in [6.07, 6.45) is 1.68. The summed E-state index contributed by atoms with van der Waals surface area (Å²) in [6.45, 7) is 0. The smallest absolute Gasteiger partial charge is 0.217 e. The van der Waals surface area contributed by atoms with E-state index in [9.17, 15) is 4.39 Å². The molecule has 17 heavy (non-hydrogen) atoms. The van der Waals surface area contributed by atoms with Crippen LogP contribution in [0.3, 0.4) is 0 Å². The Morgan fingerprint density at radius 2 is 2.12 bits per heavy atom. The van der Waals surface area contributed by atoms with Gasteiger partial charge in [0.15, 0.2) is 0 Å². The summed E-state index contributed by atoms with van der Waals surface area (Å²) in [5.41, 5.74) is 2.62. The molecule has 4 heteroatoms. The predicted octanol–water partition coefficient (Wildman–Crippen LogP) is 3.79. The van der Waals surface area contributed by atoms with Gasteiger partial charge in [-0.2, -0.15) is 0 Å². The Labute approximate surface area is 108 Å². The van der Waals surface area contributed by atoms with Gasteiger partial charge in [0, 0.05) is 22.7 Å². The fourth-order valence-electron chi connectivity index (χ4n) is 1.60. The van der Waals surface area contributed by atoms with Gasteiger partial charge >= 0.3 is 0 Å². The molecule has 0 aliphatic heterocycles. The van der Waals surface area contributed by atoms with Crippen molar-refractivity contribution in [2.75, 3.05) is 7.11 Å². The molecule has 2 aromatic rings. The zero-order chi connectivity index (χ0) is 12.3. The van der Waals surface area contributed by atoms with Crippen LogP contribution < -0.4 is 4.74 Å². The average Bonchev–Trinajstić information content (AvgIpc) is 2.38. The van der Waals surface area contributed by atoms with Crippen molar-refractivity contribution in [1.82, 2.24) is 4.98 Å². The van der Waals surface area contributed by atoms with Gasteiger partial charge in [-0.1, -0.05) is 28.1 Å². The van der Waals surface area contributed by atoms with E-state index in [4.69, 9.17) is 4.74 Å². The van der Waals surface area contributed by atoms with Crippen molar-refractivity contribution >= 4 is 15.9 Å². The van der Waals surface area contributed by atoms with Gasteiger partial charge in [0.05, 0.1) is 7.11 Å². The van der Waals surface area contributed by atoms with E-state index < -0.39 is 0 Å². The summed E-state index contributed by atoms with van der Waals surface area (Å²) in [5.74, 6) is 0.334. The van der Waals surface area contributed by atoms with Gasteiger partial charge in [0.1, 0.15) is 5.82 Å². The van der Waals surface area contributed by atoms with E-state index >= 15 is 0 Å². The molecular weight excluding hydrogens is 285 g/mol. The summed E-state index contributed by atoms with van der Waals surface area (Å²) in [6, 6.07) is 8.38. The third-order valence-electron chi connectivity index (χ3n) is 2.42. The van der Waals surface area contributed by atoms with E-state index in [-0.39, 0.29) is 5.82 Å². The number of halogens is 2. The standard InChI is InChI=1S/C13H11BrFNO/c1-17-13-10(7-14)5-11(8-16-13)9-3-2-4-12(15)6-9/h2-6,8H,7H2,1H3. The SMILES string of the molecule is COc1ncc(-c2cccc(F)c2)cc1CBr. The molecule has 0 saturated heterocycles. The van der Waals surface area contributed by atoms with E-state index in [0.29, 0.717) is 11.2 Å². The topological polar surface area (TPSA) is 22.1 Å². The number of methoxy groups -OCH3 is 1. The van der Waals surface area contributed by atoms with Crippen molar-refractivity contribution in [3.63, 3.8) is 0 Å². The van der Waals surface area contributed by atoms with Gasteiger partial charge in [-0.25, -0.2) is 9.37 Å². The lowest BCUT2D eigenvalue weighted by Crippen LogP contribution is -1.94. The van der Waals surface area contributed by atoms with Crippen LogP contribution in [-0.2, 0) is 5.33 Å². The molecule has 0 atom stereocenters. The van der Waals surface area contributed by atoms with Crippen molar-refractivity contribution in [1.29, 1.82) is 0 Å². The fourth-order valence-corrected chi connectivity index (χ4v) is 2.00. The van der Waals surface area contributed by atoms with Crippen LogP contribution in [0.2, 0.25) is 0 Å². The summed E-state index contributed by atoms with van der Waals surface area (Å²) in [5, 5.41) is 0.645. The van der Waals surface area contributed by atoms with Crippen LogP contribution in [0.1, 0.15) is 5.56 Å². The quantitative estimate of drug-likeness (QED) is 0.804. The lowest BCUT2D eigenvalue weighted by Gasteiger charge is -2.07. The second-order valence-corrected chi connectivity index (χ2v) is 4.10. The number of alkyl halides is 1. The second-order valence-electron chi connectivity index (χ2n) is 3.54. The first kappa shape index (κ1) is 12.0. The normalized spacial score (nSPS) is 10.3. The number of aromatic nitrogens is 1. The highest BCUT2D eigenvalue weighted by molar-refractivity contribution is 9.08. The van der Waals surface area contributed by atoms with Crippen molar-refractivity contribution < 1.29 is 9.13 Å². The van der Waals surface area contributed by atoms with Crippen LogP contribution in [-0.4, -0.2) is 12.1 Å². The van der Waals surface area contributed by atoms with Crippen LogP contribution in [0.15, 0.2) is 36.5 Å². The molecule has 2 nitrogen and oxygen atoms in total. The Kier molecular flexibility index (Phi) is 3.74. The molecule has 0 spiro atoms. The molecule has 2 rings (SSSR count). The summed E-state index contributed by atoms with van der Waals surface area (Å²) < 4.78 is 18.3. The molecule has 0 aliphatic rings. The molecule has 1 heterocycles. The molecule has 1 aromatic carbocycles. The van der Waals surface area contributed by atoms with Crippen molar-refractivity contribution in [2.24, 2.45) is 0 Å². The summed E-state index contributed by atoms with van der Waals surface area (Å²) in [7, 11) is 1.58. The third kappa shape index (κ3) is 2.64. The molecule has 0 radical (unpaired) electrons.